The first-order chi connectivity index (χ1) is 8.88. The summed E-state index contributed by atoms with van der Waals surface area (Å²) in [7, 11) is 2.04. The van der Waals surface area contributed by atoms with Crippen molar-refractivity contribution in [3.8, 4) is 0 Å². The van der Waals surface area contributed by atoms with Gasteiger partial charge in [0, 0.05) is 18.8 Å². The van der Waals surface area contributed by atoms with Crippen LogP contribution in [-0.4, -0.2) is 26.7 Å². The van der Waals surface area contributed by atoms with E-state index in [1.165, 1.54) is 38.8 Å². The van der Waals surface area contributed by atoms with Crippen LogP contribution in [0.15, 0.2) is 18.2 Å². The van der Waals surface area contributed by atoms with Crippen LogP contribution in [0, 0.1) is 5.92 Å². The molecule has 0 saturated heterocycles. The number of likely N-dealkylation sites (N-methyl/N-ethyl adjacent to an activating group) is 1. The van der Waals surface area contributed by atoms with Gasteiger partial charge in [-0.25, -0.2) is 0 Å². The highest BCUT2D eigenvalue weighted by Crippen LogP contribution is 2.35. The highest BCUT2D eigenvalue weighted by molar-refractivity contribution is 5.63. The van der Waals surface area contributed by atoms with Gasteiger partial charge in [-0.1, -0.05) is 24.6 Å². The number of para-hydroxylation sites is 1. The second-order valence-electron chi connectivity index (χ2n) is 5.77. The first-order valence-corrected chi connectivity index (χ1v) is 7.39. The van der Waals surface area contributed by atoms with Crippen LogP contribution in [0.2, 0.25) is 0 Å². The number of anilines is 1. The van der Waals surface area contributed by atoms with Gasteiger partial charge in [0.2, 0.25) is 0 Å². The highest BCUT2D eigenvalue weighted by atomic mass is 15.2. The fourth-order valence-electron chi connectivity index (χ4n) is 3.25. The van der Waals surface area contributed by atoms with Crippen molar-refractivity contribution in [2.24, 2.45) is 5.92 Å². The van der Waals surface area contributed by atoms with Gasteiger partial charge in [0.1, 0.15) is 0 Å². The van der Waals surface area contributed by atoms with Gasteiger partial charge < -0.3 is 10.2 Å². The van der Waals surface area contributed by atoms with Gasteiger partial charge in [-0.2, -0.15) is 0 Å². The molecule has 0 radical (unpaired) electrons. The van der Waals surface area contributed by atoms with Crippen molar-refractivity contribution in [1.29, 1.82) is 0 Å². The van der Waals surface area contributed by atoms with E-state index < -0.39 is 0 Å². The zero-order valence-electron chi connectivity index (χ0n) is 11.4. The van der Waals surface area contributed by atoms with Crippen LogP contribution in [0.5, 0.6) is 0 Å². The van der Waals surface area contributed by atoms with E-state index in [1.54, 1.807) is 16.8 Å². The lowest BCUT2D eigenvalue weighted by molar-refractivity contribution is 0.319. The number of nitrogens with one attached hydrogen (secondary N) is 1. The third-order valence-corrected chi connectivity index (χ3v) is 4.52. The average Bonchev–Trinajstić information content (AvgIpc) is 2.75. The summed E-state index contributed by atoms with van der Waals surface area (Å²) >= 11 is 0. The normalized spacial score (nSPS) is 18.8. The van der Waals surface area contributed by atoms with Crippen LogP contribution in [-0.2, 0) is 12.8 Å². The molecular formula is C16H24N2. The minimum absolute atomic E-state index is 0.966. The molecule has 0 unspecified atom stereocenters. The molecule has 1 fully saturated rings. The van der Waals surface area contributed by atoms with Crippen LogP contribution in [0.25, 0.3) is 0 Å². The van der Waals surface area contributed by atoms with Gasteiger partial charge in [0.05, 0.1) is 0 Å². The number of benzene rings is 1. The molecule has 1 aliphatic heterocycles. The molecule has 18 heavy (non-hydrogen) atoms. The van der Waals surface area contributed by atoms with Gasteiger partial charge in [-0.05, 0) is 56.3 Å². The molecule has 0 bridgehead atoms. The van der Waals surface area contributed by atoms with Crippen molar-refractivity contribution >= 4 is 5.69 Å². The van der Waals surface area contributed by atoms with Crippen LogP contribution < -0.4 is 10.2 Å². The topological polar surface area (TPSA) is 15.3 Å². The van der Waals surface area contributed by atoms with Crippen LogP contribution >= 0.6 is 0 Å². The molecule has 0 amide bonds. The minimum atomic E-state index is 0.966. The molecule has 1 heterocycles. The Morgan fingerprint density at radius 2 is 2.22 bits per heavy atom. The quantitative estimate of drug-likeness (QED) is 0.856. The number of nitrogens with zero attached hydrogens (tertiary/aromatic N) is 1. The Labute approximate surface area is 110 Å². The third kappa shape index (κ3) is 2.26. The summed E-state index contributed by atoms with van der Waals surface area (Å²) in [6.07, 6.45) is 6.75. The molecule has 0 atom stereocenters. The van der Waals surface area contributed by atoms with Gasteiger partial charge in [-0.3, -0.25) is 0 Å². The van der Waals surface area contributed by atoms with E-state index in [0.29, 0.717) is 0 Å². The lowest BCUT2D eigenvalue weighted by atomic mass is 9.85. The molecule has 0 aromatic heterocycles. The maximum Gasteiger partial charge on any atom is 0.0432 e. The Bertz CT molecular complexity index is 410. The average molecular weight is 244 g/mol. The number of hydrogen-bond donors (Lipinski definition) is 1. The lowest BCUT2D eigenvalue weighted by Gasteiger charge is -2.32. The smallest absolute Gasteiger partial charge is 0.0432 e. The highest BCUT2D eigenvalue weighted by Gasteiger charge is 2.26. The van der Waals surface area contributed by atoms with Gasteiger partial charge in [0.25, 0.3) is 0 Å². The zero-order chi connectivity index (χ0) is 12.4. The fourth-order valence-corrected chi connectivity index (χ4v) is 3.25. The summed E-state index contributed by atoms with van der Waals surface area (Å²) in [4.78, 5) is 2.66. The molecule has 2 nitrogen and oxygen atoms in total. The van der Waals surface area contributed by atoms with E-state index in [2.05, 4.69) is 28.4 Å². The summed E-state index contributed by atoms with van der Waals surface area (Å²) in [5.41, 5.74) is 4.68. The van der Waals surface area contributed by atoms with E-state index in [0.717, 1.165) is 18.9 Å². The van der Waals surface area contributed by atoms with E-state index in [4.69, 9.17) is 0 Å². The largest absolute Gasteiger partial charge is 0.370 e. The standard InChI is InChI=1S/C16H24N2/c1-17-10-8-14-6-3-7-15-9-11-18(16(14)15)12-13-4-2-5-13/h3,6-7,13,17H,2,4-5,8-12H2,1H3. The Morgan fingerprint density at radius 3 is 2.94 bits per heavy atom. The second kappa shape index (κ2) is 5.31. The minimum Gasteiger partial charge on any atom is -0.370 e. The first-order valence-electron chi connectivity index (χ1n) is 7.39. The molecule has 1 saturated carbocycles. The molecule has 2 heteroatoms. The van der Waals surface area contributed by atoms with Crippen molar-refractivity contribution in [3.63, 3.8) is 0 Å². The summed E-state index contributed by atoms with van der Waals surface area (Å²) in [6, 6.07) is 6.87. The van der Waals surface area contributed by atoms with Crippen LogP contribution in [0.4, 0.5) is 5.69 Å². The molecule has 2 aliphatic rings. The molecule has 1 aromatic carbocycles. The maximum absolute atomic E-state index is 3.27. The van der Waals surface area contributed by atoms with Gasteiger partial charge >= 0.3 is 0 Å². The van der Waals surface area contributed by atoms with Gasteiger partial charge in [0.15, 0.2) is 0 Å². The van der Waals surface area contributed by atoms with Crippen LogP contribution in [0.3, 0.4) is 0 Å². The Hall–Kier alpha value is -1.02. The molecule has 3 rings (SSSR count). The van der Waals surface area contributed by atoms with Crippen molar-refractivity contribution in [3.05, 3.63) is 29.3 Å². The Balaban J connectivity index is 1.78. The summed E-state index contributed by atoms with van der Waals surface area (Å²) in [5.74, 6) is 0.966. The predicted molar refractivity (Wildman–Crippen MR) is 77.3 cm³/mol. The number of rotatable bonds is 5. The molecule has 98 valence electrons. The van der Waals surface area contributed by atoms with E-state index in [1.807, 2.05) is 7.05 Å². The molecule has 1 aliphatic carbocycles. The SMILES string of the molecule is CNCCc1cccc2c1N(CC1CCC1)CC2. The molecule has 1 aromatic rings. The van der Waals surface area contributed by atoms with Gasteiger partial charge in [-0.15, -0.1) is 0 Å². The Kier molecular flexibility index (Phi) is 3.55. The summed E-state index contributed by atoms with van der Waals surface area (Å²) in [6.45, 7) is 3.61. The maximum atomic E-state index is 3.27. The monoisotopic (exact) mass is 244 g/mol. The second-order valence-corrected chi connectivity index (χ2v) is 5.77. The predicted octanol–water partition coefficient (Wildman–Crippen LogP) is 2.61. The van der Waals surface area contributed by atoms with E-state index in [9.17, 15) is 0 Å². The van der Waals surface area contributed by atoms with Crippen molar-refractivity contribution in [2.45, 2.75) is 32.1 Å². The Morgan fingerprint density at radius 1 is 1.33 bits per heavy atom. The van der Waals surface area contributed by atoms with Crippen molar-refractivity contribution in [1.82, 2.24) is 5.32 Å². The number of hydrogen-bond acceptors (Lipinski definition) is 2. The lowest BCUT2D eigenvalue weighted by Crippen LogP contribution is -2.31. The van der Waals surface area contributed by atoms with Crippen molar-refractivity contribution in [2.75, 3.05) is 31.6 Å². The molecule has 0 spiro atoms. The summed E-state index contributed by atoms with van der Waals surface area (Å²) < 4.78 is 0. The third-order valence-electron chi connectivity index (χ3n) is 4.52. The molecular weight excluding hydrogens is 220 g/mol. The first kappa shape index (κ1) is 12.0. The molecule has 1 N–H and O–H groups in total. The number of fused-ring (bicyclic) bond motifs is 1. The summed E-state index contributed by atoms with van der Waals surface area (Å²) in [5, 5.41) is 3.27. The van der Waals surface area contributed by atoms with Crippen molar-refractivity contribution < 1.29 is 0 Å². The van der Waals surface area contributed by atoms with E-state index >= 15 is 0 Å². The van der Waals surface area contributed by atoms with E-state index in [-0.39, 0.29) is 0 Å². The zero-order valence-corrected chi connectivity index (χ0v) is 11.4. The fraction of sp³-hybridized carbons (Fsp3) is 0.625. The van der Waals surface area contributed by atoms with Crippen LogP contribution in [0.1, 0.15) is 30.4 Å².